The molecular formula is C24H28N4O3. The van der Waals surface area contributed by atoms with E-state index in [4.69, 9.17) is 14.7 Å². The fourth-order valence-electron chi connectivity index (χ4n) is 3.42. The highest BCUT2D eigenvalue weighted by atomic mass is 16.6. The fourth-order valence-corrected chi connectivity index (χ4v) is 3.42. The number of para-hydroxylation sites is 1. The van der Waals surface area contributed by atoms with Gasteiger partial charge >= 0.3 is 12.1 Å². The van der Waals surface area contributed by atoms with E-state index in [2.05, 4.69) is 21.7 Å². The van der Waals surface area contributed by atoms with Crippen LogP contribution in [0.25, 0.3) is 0 Å². The molecule has 0 fully saturated rings. The molecule has 0 radical (unpaired) electrons. The zero-order chi connectivity index (χ0) is 22.3. The van der Waals surface area contributed by atoms with Crippen molar-refractivity contribution in [3.8, 4) is 11.9 Å². The van der Waals surface area contributed by atoms with Gasteiger partial charge in [0.05, 0.1) is 5.69 Å². The Bertz CT molecular complexity index is 975. The summed E-state index contributed by atoms with van der Waals surface area (Å²) < 4.78 is 11.1. The summed E-state index contributed by atoms with van der Waals surface area (Å²) in [7, 11) is 0. The Labute approximate surface area is 183 Å². The highest BCUT2D eigenvalue weighted by Gasteiger charge is 2.22. The second kappa shape index (κ2) is 9.98. The van der Waals surface area contributed by atoms with Crippen LogP contribution in [0.15, 0.2) is 53.5 Å². The van der Waals surface area contributed by atoms with Crippen LogP contribution in [0, 0.1) is 11.5 Å². The number of aryl methyl sites for hydroxylation is 2. The van der Waals surface area contributed by atoms with Crippen molar-refractivity contribution in [2.24, 2.45) is 4.99 Å². The number of amidine groups is 1. The van der Waals surface area contributed by atoms with E-state index in [1.165, 1.54) is 11.1 Å². The number of aliphatic imine (C=N–C) groups is 1. The topological polar surface area (TPSA) is 95.7 Å². The predicted octanol–water partition coefficient (Wildman–Crippen LogP) is 4.60. The van der Waals surface area contributed by atoms with Crippen LogP contribution in [0.3, 0.4) is 0 Å². The van der Waals surface area contributed by atoms with Crippen molar-refractivity contribution in [3.05, 3.63) is 59.7 Å². The molecule has 1 amide bonds. The van der Waals surface area contributed by atoms with Crippen LogP contribution in [-0.2, 0) is 17.6 Å². The quantitative estimate of drug-likeness (QED) is 0.249. The normalized spacial score (nSPS) is 16.3. The van der Waals surface area contributed by atoms with E-state index in [1.54, 1.807) is 12.1 Å². The number of benzene rings is 2. The molecule has 1 aliphatic carbocycles. The van der Waals surface area contributed by atoms with Gasteiger partial charge in [-0.05, 0) is 81.8 Å². The summed E-state index contributed by atoms with van der Waals surface area (Å²) in [5.74, 6) is 0.592. The third-order valence-electron chi connectivity index (χ3n) is 4.79. The molecule has 3 rings (SSSR count). The summed E-state index contributed by atoms with van der Waals surface area (Å²) in [5.41, 5.74) is 2.62. The molecule has 31 heavy (non-hydrogen) atoms. The zero-order valence-corrected chi connectivity index (χ0v) is 18.1. The van der Waals surface area contributed by atoms with Gasteiger partial charge in [0.25, 0.3) is 0 Å². The second-order valence-electron chi connectivity index (χ2n) is 8.44. The predicted molar refractivity (Wildman–Crippen MR) is 119 cm³/mol. The molecule has 0 aliphatic heterocycles. The monoisotopic (exact) mass is 420 g/mol. The van der Waals surface area contributed by atoms with Gasteiger partial charge in [-0.2, -0.15) is 10.3 Å². The first-order chi connectivity index (χ1) is 14.8. The summed E-state index contributed by atoms with van der Waals surface area (Å²) in [6, 6.07) is 15.3. The molecule has 0 saturated carbocycles. The molecule has 0 heterocycles. The first-order valence-corrected chi connectivity index (χ1v) is 10.4. The highest BCUT2D eigenvalue weighted by Crippen LogP contribution is 2.26. The zero-order valence-electron chi connectivity index (χ0n) is 18.1. The minimum absolute atomic E-state index is 0.0615. The van der Waals surface area contributed by atoms with E-state index >= 15 is 0 Å². The van der Waals surface area contributed by atoms with Crippen molar-refractivity contribution < 1.29 is 14.3 Å². The fraction of sp³-hybridized carbons (Fsp3) is 0.375. The number of rotatable bonds is 3. The van der Waals surface area contributed by atoms with Crippen molar-refractivity contribution >= 4 is 17.8 Å². The molecule has 162 valence electrons. The molecule has 0 aromatic heterocycles. The molecule has 0 saturated heterocycles. The number of nitriles is 1. The van der Waals surface area contributed by atoms with Crippen LogP contribution < -0.4 is 15.4 Å². The van der Waals surface area contributed by atoms with Crippen LogP contribution >= 0.6 is 0 Å². The van der Waals surface area contributed by atoms with Gasteiger partial charge in [0.2, 0.25) is 0 Å². The first kappa shape index (κ1) is 22.2. The minimum atomic E-state index is -0.512. The van der Waals surface area contributed by atoms with Crippen molar-refractivity contribution in [3.63, 3.8) is 0 Å². The number of hydrogen-bond acceptors (Lipinski definition) is 5. The van der Waals surface area contributed by atoms with Gasteiger partial charge in [0.1, 0.15) is 11.4 Å². The van der Waals surface area contributed by atoms with E-state index in [-0.39, 0.29) is 18.2 Å². The van der Waals surface area contributed by atoms with Crippen molar-refractivity contribution in [1.29, 1.82) is 5.26 Å². The lowest BCUT2D eigenvalue weighted by Crippen LogP contribution is -2.39. The summed E-state index contributed by atoms with van der Waals surface area (Å²) >= 11 is 0. The van der Waals surface area contributed by atoms with Crippen LogP contribution in [0.1, 0.15) is 44.7 Å². The van der Waals surface area contributed by atoms with Crippen molar-refractivity contribution in [2.75, 3.05) is 0 Å². The van der Waals surface area contributed by atoms with Crippen LogP contribution in [0.2, 0.25) is 0 Å². The van der Waals surface area contributed by atoms with Gasteiger partial charge in [0, 0.05) is 6.04 Å². The lowest BCUT2D eigenvalue weighted by atomic mass is 10.0. The smallest absolute Gasteiger partial charge is 0.407 e. The number of carbonyl (C=O) groups is 1. The summed E-state index contributed by atoms with van der Waals surface area (Å²) in [4.78, 5) is 16.6. The molecule has 2 N–H and O–H groups in total. The lowest BCUT2D eigenvalue weighted by molar-refractivity contribution is 0.0500. The number of hydrogen-bond donors (Lipinski definition) is 2. The third-order valence-corrected chi connectivity index (χ3v) is 4.79. The molecule has 1 unspecified atom stereocenters. The number of amides is 1. The Morgan fingerprint density at radius 3 is 2.48 bits per heavy atom. The van der Waals surface area contributed by atoms with Crippen LogP contribution in [0.5, 0.6) is 5.75 Å². The average Bonchev–Trinajstić information content (AvgIpc) is 2.89. The van der Waals surface area contributed by atoms with Gasteiger partial charge in [-0.3, -0.25) is 0 Å². The van der Waals surface area contributed by atoms with E-state index in [0.717, 1.165) is 25.7 Å². The molecule has 7 nitrogen and oxygen atoms in total. The number of nitrogens with one attached hydrogen (secondary N) is 2. The Kier molecular flexibility index (Phi) is 7.14. The van der Waals surface area contributed by atoms with Gasteiger partial charge < -0.3 is 14.8 Å². The Hall–Kier alpha value is -3.53. The first-order valence-electron chi connectivity index (χ1n) is 10.4. The average molecular weight is 421 g/mol. The van der Waals surface area contributed by atoms with Crippen LogP contribution in [0.4, 0.5) is 10.5 Å². The highest BCUT2D eigenvalue weighted by molar-refractivity contribution is 5.80. The lowest BCUT2D eigenvalue weighted by Gasteiger charge is -2.22. The molecule has 2 aromatic rings. The van der Waals surface area contributed by atoms with E-state index in [1.807, 2.05) is 57.3 Å². The summed E-state index contributed by atoms with van der Waals surface area (Å²) in [6.45, 7) is 5.57. The van der Waals surface area contributed by atoms with Gasteiger partial charge in [-0.1, -0.05) is 24.3 Å². The van der Waals surface area contributed by atoms with Gasteiger partial charge in [0.15, 0.2) is 6.19 Å². The Balaban J connectivity index is 1.68. The Morgan fingerprint density at radius 1 is 1.10 bits per heavy atom. The summed E-state index contributed by atoms with van der Waals surface area (Å²) in [6.07, 6.45) is 4.85. The molecule has 2 aromatic carbocycles. The molecule has 1 atom stereocenters. The van der Waals surface area contributed by atoms with Gasteiger partial charge in [-0.25, -0.2) is 10.1 Å². The number of carbonyl (C=O) groups excluding carboxylic acids is 1. The molecule has 7 heteroatoms. The van der Waals surface area contributed by atoms with Gasteiger partial charge in [-0.15, -0.1) is 0 Å². The summed E-state index contributed by atoms with van der Waals surface area (Å²) in [5, 5.41) is 14.5. The molecule has 1 aliphatic rings. The number of nitrogens with zero attached hydrogens (tertiary/aromatic N) is 2. The SMILES string of the molecule is CC(C)(C)OC(=O)NC1CCc2ccc(N=C(NC#N)Oc3ccccc3)cc2CC1. The maximum absolute atomic E-state index is 12.1. The maximum Gasteiger partial charge on any atom is 0.407 e. The Morgan fingerprint density at radius 2 is 1.81 bits per heavy atom. The third kappa shape index (κ3) is 7.03. The van der Waals surface area contributed by atoms with Crippen molar-refractivity contribution in [2.45, 2.75) is 58.1 Å². The molecule has 0 spiro atoms. The van der Waals surface area contributed by atoms with E-state index in [9.17, 15) is 4.79 Å². The second-order valence-corrected chi connectivity index (χ2v) is 8.44. The molecule has 0 bridgehead atoms. The maximum atomic E-state index is 12.1. The minimum Gasteiger partial charge on any atom is -0.444 e. The number of fused-ring (bicyclic) bond motifs is 1. The number of alkyl carbamates (subject to hydrolysis) is 1. The standard InChI is InChI=1S/C24H28N4O3/c1-24(2,3)31-23(29)28-19-12-9-17-10-14-20(15-18(17)11-13-19)27-22(26-16-25)30-21-7-5-4-6-8-21/h4-8,10,14-15,19H,9,11-13H2,1-3H3,(H,26,27)(H,28,29). The van der Waals surface area contributed by atoms with E-state index in [0.29, 0.717) is 11.4 Å². The van der Waals surface area contributed by atoms with E-state index < -0.39 is 5.60 Å². The van der Waals surface area contributed by atoms with Crippen LogP contribution in [-0.4, -0.2) is 23.8 Å². The van der Waals surface area contributed by atoms with Crippen molar-refractivity contribution in [1.82, 2.24) is 10.6 Å². The largest absolute Gasteiger partial charge is 0.444 e. The molecular weight excluding hydrogens is 392 g/mol. The number of ether oxygens (including phenoxy) is 2.